The van der Waals surface area contributed by atoms with Gasteiger partial charge < -0.3 is 24.6 Å². The van der Waals surface area contributed by atoms with Gasteiger partial charge in [0, 0.05) is 72.2 Å². The highest BCUT2D eigenvalue weighted by atomic mass is 35.5. The highest BCUT2D eigenvalue weighted by Crippen LogP contribution is 2.47. The molecule has 2 aliphatic rings. The predicted octanol–water partition coefficient (Wildman–Crippen LogP) is 5.88. The van der Waals surface area contributed by atoms with Gasteiger partial charge in [-0.15, -0.1) is 11.8 Å². The molecule has 2 heterocycles. The Morgan fingerprint density at radius 1 is 1.21 bits per heavy atom. The van der Waals surface area contributed by atoms with Crippen LogP contribution in [0.1, 0.15) is 19.4 Å². The van der Waals surface area contributed by atoms with E-state index in [1.54, 1.807) is 11.0 Å². The molecule has 0 spiro atoms. The average Bonchev–Trinajstić information content (AvgIpc) is 3.11. The number of benzene rings is 2. The van der Waals surface area contributed by atoms with Gasteiger partial charge in [-0.1, -0.05) is 29.8 Å². The van der Waals surface area contributed by atoms with E-state index >= 15 is 4.39 Å². The second-order valence-corrected chi connectivity index (χ2v) is 11.4. The third kappa shape index (κ3) is 6.05. The number of hydrogen-bond donors (Lipinski definition) is 2. The number of carbonyl (C=O) groups excluding carboxylic acids is 1. The van der Waals surface area contributed by atoms with Crippen LogP contribution in [-0.2, 0) is 14.3 Å². The molecule has 7 nitrogen and oxygen atoms in total. The molecule has 2 aromatic carbocycles. The van der Waals surface area contributed by atoms with Gasteiger partial charge >= 0.3 is 0 Å². The van der Waals surface area contributed by atoms with Crippen molar-refractivity contribution in [1.82, 2.24) is 9.80 Å². The third-order valence-corrected chi connectivity index (χ3v) is 8.60. The minimum absolute atomic E-state index is 0.0603. The van der Waals surface area contributed by atoms with Gasteiger partial charge in [0.15, 0.2) is 0 Å². The Kier molecular flexibility index (Phi) is 9.44. The summed E-state index contributed by atoms with van der Waals surface area (Å²) < 4.78 is 39.9. The van der Waals surface area contributed by atoms with Gasteiger partial charge in [-0.05, 0) is 32.1 Å². The van der Waals surface area contributed by atoms with E-state index in [0.29, 0.717) is 47.1 Å². The molecule has 2 aliphatic heterocycles. The zero-order valence-electron chi connectivity index (χ0n) is 21.8. The number of carbonyl (C=O) groups is 1. The Labute approximate surface area is 240 Å². The van der Waals surface area contributed by atoms with Gasteiger partial charge in [-0.3, -0.25) is 10.2 Å². The Balaban J connectivity index is 1.78. The van der Waals surface area contributed by atoms with Gasteiger partial charge in [-0.25, -0.2) is 8.78 Å². The summed E-state index contributed by atoms with van der Waals surface area (Å²) in [6, 6.07) is 3.27. The van der Waals surface area contributed by atoms with Crippen molar-refractivity contribution in [3.05, 3.63) is 58.1 Å². The fraction of sp³-hybridized carbons (Fsp3) is 0.407. The van der Waals surface area contributed by atoms with Crippen molar-refractivity contribution >= 4 is 52.4 Å². The molecule has 1 fully saturated rings. The molecule has 4 rings (SSSR count). The van der Waals surface area contributed by atoms with Crippen LogP contribution in [-0.4, -0.2) is 79.0 Å². The first kappa shape index (κ1) is 29.6. The first-order chi connectivity index (χ1) is 18.6. The number of thioether (sulfide) groups is 1. The molecule has 210 valence electrons. The van der Waals surface area contributed by atoms with Crippen molar-refractivity contribution < 1.29 is 23.0 Å². The number of hydrogen-bond acceptors (Lipinski definition) is 6. The summed E-state index contributed by atoms with van der Waals surface area (Å²) in [5.74, 6) is -1.11. The monoisotopic (exact) mass is 598 g/mol. The van der Waals surface area contributed by atoms with E-state index in [1.165, 1.54) is 31.0 Å². The van der Waals surface area contributed by atoms with Gasteiger partial charge in [0.05, 0.1) is 21.8 Å². The standard InChI is InChI=1S/C27H30Cl2F2N4O3S/c1-5-23(36)35-14(2)10-34(11-15(35)3)27(32)18-7-20(29)24(17-6-19(28)22(31)8-21(17)30)26-25(18)33-9-16(12-39-26)38-13-37-4/h5-8,14-16,32-33H,1,9-13H2,2-4H3/t14-,15+,16?. The van der Waals surface area contributed by atoms with Crippen LogP contribution in [0.5, 0.6) is 0 Å². The summed E-state index contributed by atoms with van der Waals surface area (Å²) in [7, 11) is 1.54. The van der Waals surface area contributed by atoms with Crippen LogP contribution in [0.2, 0.25) is 10.0 Å². The second-order valence-electron chi connectivity index (χ2n) is 9.52. The molecule has 2 N–H and O–H groups in total. The van der Waals surface area contributed by atoms with Crippen LogP contribution >= 0.6 is 35.0 Å². The van der Waals surface area contributed by atoms with Crippen molar-refractivity contribution in [2.45, 2.75) is 36.9 Å². The lowest BCUT2D eigenvalue weighted by molar-refractivity contribution is -0.132. The lowest BCUT2D eigenvalue weighted by atomic mass is 9.99. The number of nitrogens with one attached hydrogen (secondary N) is 2. The second kappa shape index (κ2) is 12.4. The lowest BCUT2D eigenvalue weighted by Gasteiger charge is -2.45. The van der Waals surface area contributed by atoms with E-state index in [9.17, 15) is 9.18 Å². The number of halogens is 4. The maximum absolute atomic E-state index is 15.1. The van der Waals surface area contributed by atoms with Crippen molar-refractivity contribution in [2.75, 3.05) is 44.6 Å². The molecule has 39 heavy (non-hydrogen) atoms. The molecule has 2 aromatic rings. The molecule has 1 unspecified atom stereocenters. The van der Waals surface area contributed by atoms with Crippen LogP contribution in [0, 0.1) is 17.0 Å². The van der Waals surface area contributed by atoms with Crippen molar-refractivity contribution in [3.63, 3.8) is 0 Å². The first-order valence-electron chi connectivity index (χ1n) is 12.3. The summed E-state index contributed by atoms with van der Waals surface area (Å²) in [4.78, 5) is 16.7. The molecule has 3 atom stereocenters. The lowest BCUT2D eigenvalue weighted by Crippen LogP contribution is -2.59. The minimum atomic E-state index is -0.866. The number of rotatable bonds is 6. The van der Waals surface area contributed by atoms with E-state index in [4.69, 9.17) is 38.1 Å². The maximum atomic E-state index is 15.1. The van der Waals surface area contributed by atoms with Crippen molar-refractivity contribution in [3.8, 4) is 11.1 Å². The number of amidine groups is 1. The number of piperazine rings is 1. The summed E-state index contributed by atoms with van der Waals surface area (Å²) >= 11 is 14.2. The van der Waals surface area contributed by atoms with E-state index in [1.807, 2.05) is 18.7 Å². The largest absolute Gasteiger partial charge is 0.381 e. The van der Waals surface area contributed by atoms with Crippen LogP contribution in [0.15, 0.2) is 35.7 Å². The van der Waals surface area contributed by atoms with E-state index < -0.39 is 11.6 Å². The smallest absolute Gasteiger partial charge is 0.246 e. The number of ether oxygens (including phenoxy) is 2. The summed E-state index contributed by atoms with van der Waals surface area (Å²) in [5, 5.41) is 12.5. The Morgan fingerprint density at radius 3 is 2.54 bits per heavy atom. The molecule has 0 radical (unpaired) electrons. The fourth-order valence-electron chi connectivity index (χ4n) is 5.04. The van der Waals surface area contributed by atoms with Crippen LogP contribution in [0.25, 0.3) is 11.1 Å². The Bertz CT molecular complexity index is 1290. The highest BCUT2D eigenvalue weighted by molar-refractivity contribution is 7.99. The number of nitrogens with zero attached hydrogens (tertiary/aromatic N) is 2. The van der Waals surface area contributed by atoms with Crippen LogP contribution in [0.3, 0.4) is 0 Å². The molecular weight excluding hydrogens is 569 g/mol. The molecule has 1 amide bonds. The number of methoxy groups -OCH3 is 1. The quantitative estimate of drug-likeness (QED) is 0.142. The van der Waals surface area contributed by atoms with Gasteiger partial charge in [-0.2, -0.15) is 0 Å². The summed E-state index contributed by atoms with van der Waals surface area (Å²) in [6.07, 6.45) is 1.06. The average molecular weight is 600 g/mol. The summed E-state index contributed by atoms with van der Waals surface area (Å²) in [5.41, 5.74) is 1.54. The van der Waals surface area contributed by atoms with Crippen molar-refractivity contribution in [2.24, 2.45) is 0 Å². The minimum Gasteiger partial charge on any atom is -0.381 e. The highest BCUT2D eigenvalue weighted by Gasteiger charge is 2.35. The zero-order chi connectivity index (χ0) is 28.4. The van der Waals surface area contributed by atoms with Gasteiger partial charge in [0.25, 0.3) is 0 Å². The van der Waals surface area contributed by atoms with Crippen LogP contribution < -0.4 is 5.32 Å². The fourth-order valence-corrected chi connectivity index (χ4v) is 6.82. The van der Waals surface area contributed by atoms with Gasteiger partial charge in [0.2, 0.25) is 5.91 Å². The zero-order valence-corrected chi connectivity index (χ0v) is 24.2. The predicted molar refractivity (Wildman–Crippen MR) is 152 cm³/mol. The van der Waals surface area contributed by atoms with E-state index in [0.717, 1.165) is 6.07 Å². The van der Waals surface area contributed by atoms with E-state index in [-0.39, 0.29) is 52.3 Å². The summed E-state index contributed by atoms with van der Waals surface area (Å²) in [6.45, 7) is 8.85. The third-order valence-electron chi connectivity index (χ3n) is 6.77. The van der Waals surface area contributed by atoms with Crippen LogP contribution in [0.4, 0.5) is 14.5 Å². The normalized spacial score (nSPS) is 21.2. The van der Waals surface area contributed by atoms with Gasteiger partial charge in [0.1, 0.15) is 24.3 Å². The molecule has 0 bridgehead atoms. The Morgan fingerprint density at radius 2 is 1.90 bits per heavy atom. The molecule has 0 saturated carbocycles. The number of fused-ring (bicyclic) bond motifs is 1. The SMILES string of the molecule is C=CC(=O)N1[C@H](C)CN(C(=N)c2cc(Cl)c(-c3cc(Cl)c(F)cc3F)c3c2NCC(OCOC)CS3)C[C@@H]1C. The Hall–Kier alpha value is -2.37. The van der Waals surface area contributed by atoms with E-state index in [2.05, 4.69) is 11.9 Å². The molecular formula is C27H30Cl2F2N4O3S. The topological polar surface area (TPSA) is 77.9 Å². The molecule has 0 aromatic heterocycles. The number of anilines is 1. The van der Waals surface area contributed by atoms with Crippen molar-refractivity contribution in [1.29, 1.82) is 5.41 Å². The maximum Gasteiger partial charge on any atom is 0.246 e. The molecule has 1 saturated heterocycles. The number of amides is 1. The molecule has 0 aliphatic carbocycles. The first-order valence-corrected chi connectivity index (χ1v) is 14.1. The molecule has 12 heteroatoms.